The molecule has 1 aliphatic heterocycles. The van der Waals surface area contributed by atoms with Crippen molar-refractivity contribution in [3.63, 3.8) is 0 Å². The van der Waals surface area contributed by atoms with Crippen molar-refractivity contribution in [2.75, 3.05) is 23.3 Å². The van der Waals surface area contributed by atoms with Gasteiger partial charge in [-0.05, 0) is 42.8 Å². The topological polar surface area (TPSA) is 111 Å². The second-order valence-electron chi connectivity index (χ2n) is 10.5. The number of rotatable bonds is 7. The molecule has 0 spiro atoms. The highest BCUT2D eigenvalue weighted by molar-refractivity contribution is 6.20. The number of fused-ring (bicyclic) bond motifs is 3. The first-order valence-corrected chi connectivity index (χ1v) is 14.2. The summed E-state index contributed by atoms with van der Waals surface area (Å²) < 4.78 is 74.7. The minimum absolute atomic E-state index is 0.0242. The first kappa shape index (κ1) is 29.5. The summed E-state index contributed by atoms with van der Waals surface area (Å²) in [6, 6.07) is 8.36. The molecule has 10 nitrogen and oxygen atoms in total. The lowest BCUT2D eigenvalue weighted by atomic mass is 10.0. The smallest absolute Gasteiger partial charge is 0.420 e. The molecule has 2 aliphatic rings. The number of nitrogens with one attached hydrogen (secondary N) is 1. The van der Waals surface area contributed by atoms with E-state index in [2.05, 4.69) is 35.1 Å². The van der Waals surface area contributed by atoms with Crippen molar-refractivity contribution in [3.8, 4) is 34.1 Å². The van der Waals surface area contributed by atoms with Crippen LogP contribution in [0.4, 0.5) is 33.5 Å². The van der Waals surface area contributed by atoms with Crippen LogP contribution in [0, 0.1) is 5.82 Å². The first-order valence-electron chi connectivity index (χ1n) is 13.8. The van der Waals surface area contributed by atoms with Crippen LogP contribution in [0.3, 0.4) is 0 Å². The molecule has 1 aliphatic carbocycles. The average molecular weight is 655 g/mol. The molecule has 7 rings (SSSR count). The third kappa shape index (κ3) is 5.57. The molecular formula is C30H20ClF5N8O2. The molecule has 0 saturated carbocycles. The van der Waals surface area contributed by atoms with Gasteiger partial charge in [-0.15, -0.1) is 8.78 Å². The summed E-state index contributed by atoms with van der Waals surface area (Å²) >= 11 is 4.80. The van der Waals surface area contributed by atoms with Crippen LogP contribution in [0.5, 0.6) is 5.75 Å². The highest BCUT2D eigenvalue weighted by Gasteiger charge is 2.36. The fraction of sp³-hybridized carbons (Fsp3) is 0.200. The van der Waals surface area contributed by atoms with Crippen LogP contribution in [0.25, 0.3) is 28.3 Å². The number of nitrogens with zero attached hydrogens (tertiary/aromatic N) is 7. The summed E-state index contributed by atoms with van der Waals surface area (Å²) in [7, 11) is 0. The number of aromatic nitrogens is 6. The molecule has 1 saturated heterocycles. The van der Waals surface area contributed by atoms with Crippen molar-refractivity contribution < 1.29 is 31.5 Å². The van der Waals surface area contributed by atoms with Crippen molar-refractivity contribution in [2.45, 2.75) is 24.3 Å². The third-order valence-corrected chi connectivity index (χ3v) is 7.57. The van der Waals surface area contributed by atoms with E-state index >= 15 is 4.39 Å². The van der Waals surface area contributed by atoms with Crippen LogP contribution in [0.15, 0.2) is 67.4 Å². The minimum atomic E-state index is -3.89. The summed E-state index contributed by atoms with van der Waals surface area (Å²) in [5.74, 6) is -1.02. The summed E-state index contributed by atoms with van der Waals surface area (Å²) in [5, 5.41) is 6.88. The molecule has 1 amide bonds. The maximum Gasteiger partial charge on any atom is 0.487 e. The van der Waals surface area contributed by atoms with E-state index in [-0.39, 0.29) is 40.8 Å². The number of ether oxygens (including phenoxy) is 1. The van der Waals surface area contributed by atoms with Gasteiger partial charge in [0.1, 0.15) is 17.7 Å². The highest BCUT2D eigenvalue weighted by Crippen LogP contribution is 2.47. The van der Waals surface area contributed by atoms with E-state index in [0.717, 1.165) is 12.4 Å². The Balaban J connectivity index is 1.26. The van der Waals surface area contributed by atoms with Crippen molar-refractivity contribution in [3.05, 3.63) is 90.0 Å². The van der Waals surface area contributed by atoms with Gasteiger partial charge in [-0.2, -0.15) is 9.78 Å². The molecule has 5 heterocycles. The Kier molecular flexibility index (Phi) is 7.26. The summed E-state index contributed by atoms with van der Waals surface area (Å²) in [6.07, 6.45) is 3.68. The molecule has 4 aromatic heterocycles. The van der Waals surface area contributed by atoms with Gasteiger partial charge in [0, 0.05) is 58.5 Å². The van der Waals surface area contributed by atoms with E-state index in [1.807, 2.05) is 0 Å². The highest BCUT2D eigenvalue weighted by atomic mass is 35.5. The summed E-state index contributed by atoms with van der Waals surface area (Å²) in [6.45, 7) is 0.470. The lowest BCUT2D eigenvalue weighted by Crippen LogP contribution is -2.22. The van der Waals surface area contributed by atoms with Gasteiger partial charge in [-0.1, -0.05) is 0 Å². The normalized spacial score (nSPS) is 17.1. The molecule has 0 radical (unpaired) electrons. The summed E-state index contributed by atoms with van der Waals surface area (Å²) in [4.78, 5) is 31.9. The van der Waals surface area contributed by atoms with Gasteiger partial charge < -0.3 is 15.0 Å². The standard InChI is InChI=1S/C30H20ClF5N8O2/c31-30(35,36)46-20-3-1-19(2-4-20)42-28(45)16-8-21(27(38-10-16)43-6-5-17(32)14-43)15-7-22-25(37-9-15)24(34)23-13-41-44(26(22)23)29-39-11-18(33)12-40-29/h1-4,7-13,17,24H,5-6,14H2,(H,42,45)/t17-,24?/m1/s1. The Morgan fingerprint density at radius 2 is 1.74 bits per heavy atom. The molecule has 46 heavy (non-hydrogen) atoms. The predicted molar refractivity (Wildman–Crippen MR) is 156 cm³/mol. The van der Waals surface area contributed by atoms with E-state index in [9.17, 15) is 22.4 Å². The quantitative estimate of drug-likeness (QED) is 0.162. The van der Waals surface area contributed by atoms with E-state index in [1.54, 1.807) is 17.0 Å². The number of benzene rings is 1. The van der Waals surface area contributed by atoms with Gasteiger partial charge in [-0.3, -0.25) is 9.78 Å². The number of carbonyl (C=O) groups is 1. The molecule has 1 unspecified atom stereocenters. The van der Waals surface area contributed by atoms with Gasteiger partial charge in [0.25, 0.3) is 11.9 Å². The van der Waals surface area contributed by atoms with E-state index in [4.69, 9.17) is 11.6 Å². The van der Waals surface area contributed by atoms with Gasteiger partial charge in [0.15, 0.2) is 12.0 Å². The number of pyridine rings is 2. The molecule has 1 aromatic carbocycles. The second-order valence-corrected chi connectivity index (χ2v) is 11.0. The van der Waals surface area contributed by atoms with Crippen LogP contribution >= 0.6 is 11.6 Å². The number of amides is 1. The van der Waals surface area contributed by atoms with Crippen molar-refractivity contribution >= 4 is 29.0 Å². The lowest BCUT2D eigenvalue weighted by Gasteiger charge is -2.21. The van der Waals surface area contributed by atoms with Crippen molar-refractivity contribution in [1.29, 1.82) is 0 Å². The average Bonchev–Trinajstić information content (AvgIpc) is 3.73. The Bertz CT molecular complexity index is 1950. The number of hydrogen-bond donors (Lipinski definition) is 1. The van der Waals surface area contributed by atoms with Gasteiger partial charge in [0.2, 0.25) is 0 Å². The second kappa shape index (κ2) is 11.3. The number of carbonyl (C=O) groups excluding carboxylic acids is 1. The maximum atomic E-state index is 15.5. The monoisotopic (exact) mass is 654 g/mol. The number of alkyl halides is 5. The molecular weight excluding hydrogens is 635 g/mol. The van der Waals surface area contributed by atoms with Crippen LogP contribution in [0.1, 0.15) is 34.2 Å². The molecule has 16 heteroatoms. The van der Waals surface area contributed by atoms with Gasteiger partial charge in [0.05, 0.1) is 42.1 Å². The van der Waals surface area contributed by atoms with Crippen LogP contribution in [-0.4, -0.2) is 60.5 Å². The van der Waals surface area contributed by atoms with Gasteiger partial charge in [-0.25, -0.2) is 28.1 Å². The Labute approximate surface area is 261 Å². The fourth-order valence-electron chi connectivity index (χ4n) is 5.44. The molecule has 1 fully saturated rings. The van der Waals surface area contributed by atoms with Crippen molar-refractivity contribution in [2.24, 2.45) is 0 Å². The summed E-state index contributed by atoms with van der Waals surface area (Å²) in [5.41, 5.74) is -1.55. The number of anilines is 2. The molecule has 2 atom stereocenters. The van der Waals surface area contributed by atoms with Crippen molar-refractivity contribution in [1.82, 2.24) is 29.7 Å². The van der Waals surface area contributed by atoms with E-state index in [0.29, 0.717) is 41.2 Å². The first-order chi connectivity index (χ1) is 22.0. The zero-order valence-corrected chi connectivity index (χ0v) is 24.1. The fourth-order valence-corrected chi connectivity index (χ4v) is 5.53. The van der Waals surface area contributed by atoms with E-state index in [1.165, 1.54) is 47.5 Å². The Morgan fingerprint density at radius 3 is 2.43 bits per heavy atom. The minimum Gasteiger partial charge on any atom is -0.420 e. The van der Waals surface area contributed by atoms with E-state index < -0.39 is 29.6 Å². The lowest BCUT2D eigenvalue weighted by molar-refractivity contribution is -0.0964. The third-order valence-electron chi connectivity index (χ3n) is 7.50. The van der Waals surface area contributed by atoms with Crippen LogP contribution < -0.4 is 15.0 Å². The van der Waals surface area contributed by atoms with Gasteiger partial charge >= 0.3 is 5.57 Å². The predicted octanol–water partition coefficient (Wildman–Crippen LogP) is 6.27. The van der Waals surface area contributed by atoms with Crippen LogP contribution in [-0.2, 0) is 0 Å². The zero-order valence-electron chi connectivity index (χ0n) is 23.3. The molecule has 0 bridgehead atoms. The number of hydrogen-bond acceptors (Lipinski definition) is 8. The Hall–Kier alpha value is -5.18. The SMILES string of the molecule is O=C(Nc1ccc(OC(F)(F)Cl)cc1)c1cnc(N2CC[C@@H](F)C2)c(-c2cnc3c(c2)-c2c(cnn2-c2ncc(F)cn2)C3F)c1. The molecule has 1 N–H and O–H groups in total. The van der Waals surface area contributed by atoms with Crippen LogP contribution in [0.2, 0.25) is 0 Å². The largest absolute Gasteiger partial charge is 0.487 e. The number of halogens is 6. The molecule has 234 valence electrons. The molecule has 5 aromatic rings. The zero-order chi connectivity index (χ0) is 32.2. The Morgan fingerprint density at radius 1 is 0.978 bits per heavy atom. The maximum absolute atomic E-state index is 15.5.